The van der Waals surface area contributed by atoms with Crippen molar-refractivity contribution >= 4 is 23.3 Å². The summed E-state index contributed by atoms with van der Waals surface area (Å²) in [6.45, 7) is 4.20. The highest BCUT2D eigenvalue weighted by atomic mass is 32.1. The van der Waals surface area contributed by atoms with Crippen LogP contribution < -0.4 is 0 Å². The Labute approximate surface area is 145 Å². The molecule has 1 aromatic heterocycles. The molecule has 24 heavy (non-hydrogen) atoms. The second-order valence-electron chi connectivity index (χ2n) is 6.66. The van der Waals surface area contributed by atoms with Crippen molar-refractivity contribution in [2.75, 3.05) is 39.4 Å². The molecule has 7 nitrogen and oxygen atoms in total. The zero-order valence-corrected chi connectivity index (χ0v) is 14.4. The van der Waals surface area contributed by atoms with Gasteiger partial charge in [0.15, 0.2) is 0 Å². The minimum Gasteiger partial charge on any atom is -0.378 e. The van der Waals surface area contributed by atoms with E-state index in [1.807, 2.05) is 20.1 Å². The van der Waals surface area contributed by atoms with E-state index >= 15 is 0 Å². The van der Waals surface area contributed by atoms with Gasteiger partial charge in [-0.05, 0) is 12.8 Å². The number of hydrogen-bond acceptors (Lipinski definition) is 5. The minimum absolute atomic E-state index is 0.0542. The fraction of sp³-hybridized carbons (Fsp3) is 0.688. The highest BCUT2D eigenvalue weighted by molar-refractivity contribution is 7.07. The summed E-state index contributed by atoms with van der Waals surface area (Å²) in [7, 11) is 0. The Hall–Kier alpha value is -1.67. The van der Waals surface area contributed by atoms with Gasteiger partial charge in [0.1, 0.15) is 0 Å². The van der Waals surface area contributed by atoms with Crippen LogP contribution in [0, 0.1) is 5.92 Å². The topological polar surface area (TPSA) is 66.0 Å². The van der Waals surface area contributed by atoms with Gasteiger partial charge in [-0.3, -0.25) is 4.79 Å². The van der Waals surface area contributed by atoms with Crippen LogP contribution in [0.5, 0.6) is 0 Å². The lowest BCUT2D eigenvalue weighted by Crippen LogP contribution is -2.50. The van der Waals surface area contributed by atoms with Crippen molar-refractivity contribution in [1.29, 1.82) is 0 Å². The number of morpholine rings is 1. The van der Waals surface area contributed by atoms with Crippen LogP contribution in [-0.4, -0.2) is 77.1 Å². The first-order valence-electron chi connectivity index (χ1n) is 8.51. The minimum atomic E-state index is -0.0765. The van der Waals surface area contributed by atoms with Crippen LogP contribution in [-0.2, 0) is 16.1 Å². The molecule has 1 aromatic rings. The molecule has 4 saturated heterocycles. The summed E-state index contributed by atoms with van der Waals surface area (Å²) in [5.74, 6) is 0.101. The van der Waals surface area contributed by atoms with Crippen LogP contribution in [0.25, 0.3) is 0 Å². The smallest absolute Gasteiger partial charge is 0.320 e. The Morgan fingerprint density at radius 3 is 2.83 bits per heavy atom. The monoisotopic (exact) mass is 350 g/mol. The van der Waals surface area contributed by atoms with E-state index < -0.39 is 0 Å². The van der Waals surface area contributed by atoms with Crippen molar-refractivity contribution in [2.24, 2.45) is 5.92 Å². The first kappa shape index (κ1) is 15.8. The molecule has 130 valence electrons. The summed E-state index contributed by atoms with van der Waals surface area (Å²) < 4.78 is 5.33. The van der Waals surface area contributed by atoms with Crippen LogP contribution >= 0.6 is 11.3 Å². The van der Waals surface area contributed by atoms with Gasteiger partial charge in [-0.2, -0.15) is 0 Å². The number of urea groups is 1. The number of piperidine rings is 1. The summed E-state index contributed by atoms with van der Waals surface area (Å²) in [6, 6.07) is 0.154. The van der Waals surface area contributed by atoms with Gasteiger partial charge in [0.05, 0.1) is 36.9 Å². The number of carbonyl (C=O) groups is 2. The van der Waals surface area contributed by atoms with E-state index in [1.54, 1.807) is 16.8 Å². The Morgan fingerprint density at radius 1 is 1.25 bits per heavy atom. The average molecular weight is 350 g/mol. The number of hydrogen-bond donors (Lipinski definition) is 0. The molecule has 0 saturated carbocycles. The van der Waals surface area contributed by atoms with Crippen LogP contribution in [0.2, 0.25) is 0 Å². The number of ether oxygens (including phenoxy) is 1. The zero-order valence-electron chi connectivity index (χ0n) is 13.6. The van der Waals surface area contributed by atoms with Crippen molar-refractivity contribution in [2.45, 2.75) is 25.4 Å². The molecule has 5 heterocycles. The van der Waals surface area contributed by atoms with Gasteiger partial charge in [0.25, 0.3) is 0 Å². The number of nitrogens with zero attached hydrogens (tertiary/aromatic N) is 4. The second kappa shape index (κ2) is 6.68. The Kier molecular flexibility index (Phi) is 4.41. The maximum atomic E-state index is 12.8. The van der Waals surface area contributed by atoms with E-state index in [9.17, 15) is 9.59 Å². The van der Waals surface area contributed by atoms with Crippen molar-refractivity contribution < 1.29 is 14.3 Å². The van der Waals surface area contributed by atoms with E-state index in [1.165, 1.54) is 0 Å². The Bertz CT molecular complexity index is 602. The largest absolute Gasteiger partial charge is 0.378 e. The summed E-state index contributed by atoms with van der Waals surface area (Å²) in [5.41, 5.74) is 2.73. The van der Waals surface area contributed by atoms with Gasteiger partial charge in [0.2, 0.25) is 5.91 Å². The van der Waals surface area contributed by atoms with Crippen molar-refractivity contribution in [1.82, 2.24) is 19.7 Å². The summed E-state index contributed by atoms with van der Waals surface area (Å²) in [5, 5.41) is 1.99. The number of fused-ring (bicyclic) bond motifs is 4. The van der Waals surface area contributed by atoms with Crippen LogP contribution in [0.1, 0.15) is 18.5 Å². The summed E-state index contributed by atoms with van der Waals surface area (Å²) in [4.78, 5) is 35.6. The first-order chi connectivity index (χ1) is 11.7. The van der Waals surface area contributed by atoms with E-state index in [4.69, 9.17) is 4.74 Å². The number of rotatable bonds is 2. The summed E-state index contributed by atoms with van der Waals surface area (Å²) >= 11 is 1.55. The highest BCUT2D eigenvalue weighted by Crippen LogP contribution is 2.31. The van der Waals surface area contributed by atoms with Gasteiger partial charge >= 0.3 is 6.03 Å². The number of aromatic nitrogens is 1. The molecule has 0 spiro atoms. The van der Waals surface area contributed by atoms with E-state index in [-0.39, 0.29) is 23.9 Å². The predicted molar refractivity (Wildman–Crippen MR) is 88.5 cm³/mol. The molecule has 8 heteroatoms. The molecule has 0 unspecified atom stereocenters. The quantitative estimate of drug-likeness (QED) is 0.799. The molecule has 4 aliphatic rings. The molecule has 2 bridgehead atoms. The Morgan fingerprint density at radius 2 is 2.08 bits per heavy atom. The number of amides is 3. The third-order valence-electron chi connectivity index (χ3n) is 5.16. The van der Waals surface area contributed by atoms with Gasteiger partial charge in [-0.25, -0.2) is 9.78 Å². The van der Waals surface area contributed by atoms with Gasteiger partial charge in [0, 0.05) is 37.6 Å². The van der Waals surface area contributed by atoms with Gasteiger partial charge < -0.3 is 19.4 Å². The van der Waals surface area contributed by atoms with Crippen LogP contribution in [0.4, 0.5) is 4.79 Å². The van der Waals surface area contributed by atoms with Gasteiger partial charge in [-0.1, -0.05) is 0 Å². The van der Waals surface area contributed by atoms with Crippen molar-refractivity contribution in [3.63, 3.8) is 0 Å². The predicted octanol–water partition coefficient (Wildman–Crippen LogP) is 1.02. The lowest BCUT2D eigenvalue weighted by molar-refractivity contribution is -0.140. The second-order valence-corrected chi connectivity index (χ2v) is 7.38. The third kappa shape index (κ3) is 3.00. The molecule has 0 aromatic carbocycles. The molecular weight excluding hydrogens is 328 g/mol. The van der Waals surface area contributed by atoms with Crippen LogP contribution in [0.3, 0.4) is 0 Å². The van der Waals surface area contributed by atoms with E-state index in [2.05, 4.69) is 4.98 Å². The zero-order chi connectivity index (χ0) is 16.5. The lowest BCUT2D eigenvalue weighted by atomic mass is 9.94. The molecule has 5 rings (SSSR count). The first-order valence-corrected chi connectivity index (χ1v) is 9.46. The van der Waals surface area contributed by atoms with Crippen molar-refractivity contribution in [3.05, 3.63) is 16.6 Å². The average Bonchev–Trinajstić information content (AvgIpc) is 2.98. The fourth-order valence-corrected chi connectivity index (χ4v) is 4.40. The molecule has 4 aliphatic heterocycles. The third-order valence-corrected chi connectivity index (χ3v) is 5.80. The fourth-order valence-electron chi connectivity index (χ4n) is 3.85. The van der Waals surface area contributed by atoms with Crippen LogP contribution in [0.15, 0.2) is 10.9 Å². The molecular formula is C16H22N4O3S. The molecule has 0 N–H and O–H groups in total. The molecule has 2 atom stereocenters. The lowest BCUT2D eigenvalue weighted by Gasteiger charge is -2.36. The summed E-state index contributed by atoms with van der Waals surface area (Å²) in [6.07, 6.45) is 1.84. The molecule has 3 amide bonds. The number of thiazole rings is 1. The van der Waals surface area contributed by atoms with E-state index in [0.717, 1.165) is 18.5 Å². The molecule has 0 aliphatic carbocycles. The highest BCUT2D eigenvalue weighted by Gasteiger charge is 2.42. The number of carbonyl (C=O) groups excluding carboxylic acids is 2. The SMILES string of the molecule is O=C(N1CCOCC1)N1C[C@@H]2CC[C@H](C1)N(Cc1cscn1)C2=O. The maximum Gasteiger partial charge on any atom is 0.320 e. The molecule has 0 radical (unpaired) electrons. The van der Waals surface area contributed by atoms with E-state index in [0.29, 0.717) is 45.9 Å². The maximum absolute atomic E-state index is 12.8. The normalized spacial score (nSPS) is 27.5. The molecule has 4 fully saturated rings. The standard InChI is InChI=1S/C16H22N4O3S/c21-15-12-1-2-14(20(15)8-13-10-24-11-17-13)9-19(7-12)16(22)18-3-5-23-6-4-18/h10-12,14H,1-9H2/t12-,14+/m0/s1. The van der Waals surface area contributed by atoms with Crippen molar-refractivity contribution in [3.8, 4) is 0 Å². The Balaban J connectivity index is 1.49. The van der Waals surface area contributed by atoms with Gasteiger partial charge in [-0.15, -0.1) is 11.3 Å².